The topological polar surface area (TPSA) is 75.3 Å². The molecule has 6 heteroatoms. The quantitative estimate of drug-likeness (QED) is 0.164. The van der Waals surface area contributed by atoms with Crippen LogP contribution in [0.4, 0.5) is 17.2 Å². The van der Waals surface area contributed by atoms with E-state index in [1.165, 1.54) is 11.1 Å². The molecule has 0 aliphatic rings. The number of aromatic hydroxyl groups is 1. The lowest BCUT2D eigenvalue weighted by atomic mass is 9.78. The molecule has 73 heavy (non-hydrogen) atoms. The molecule has 3 aromatic heterocycles. The van der Waals surface area contributed by atoms with Crippen LogP contribution in [0.2, 0.25) is 0 Å². The predicted molar refractivity (Wildman–Crippen MR) is 305 cm³/mol. The van der Waals surface area contributed by atoms with Crippen molar-refractivity contribution in [2.45, 2.75) is 105 Å². The SMILES string of the molecule is CC(C)(C)c1cc(-c2cc(-c3cc(C(C)(C)C)cc(C(C)(C)C)c3O)nc(N(c3cc(-c4ccccc4)cc(-c4ncnc5c4oc4ccccc45)c3)c3ccccc3-c3ccccc3)c2)cc(C(C)(C)C)c1. The summed E-state index contributed by atoms with van der Waals surface area (Å²) < 4.78 is 6.63. The third kappa shape index (κ3) is 9.67. The van der Waals surface area contributed by atoms with Crippen LogP contribution in [0.1, 0.15) is 105 Å². The zero-order valence-corrected chi connectivity index (χ0v) is 44.4. The minimum Gasteiger partial charge on any atom is -0.507 e. The molecule has 0 amide bonds. The molecule has 1 N–H and O–H groups in total. The smallest absolute Gasteiger partial charge is 0.180 e. The Bertz CT molecular complexity index is 3640. The molecule has 0 unspecified atom stereocenters. The van der Waals surface area contributed by atoms with Gasteiger partial charge in [0.1, 0.15) is 34.7 Å². The number of benzene rings is 7. The average molecular weight is 959 g/mol. The molecule has 0 atom stereocenters. The Balaban J connectivity index is 1.35. The van der Waals surface area contributed by atoms with Gasteiger partial charge in [0.25, 0.3) is 0 Å². The average Bonchev–Trinajstić information content (AvgIpc) is 3.75. The van der Waals surface area contributed by atoms with Crippen LogP contribution in [-0.4, -0.2) is 20.1 Å². The zero-order chi connectivity index (χ0) is 51.6. The first-order valence-corrected chi connectivity index (χ1v) is 25.5. The third-order valence-electron chi connectivity index (χ3n) is 14.0. The Hall–Kier alpha value is -7.83. The summed E-state index contributed by atoms with van der Waals surface area (Å²) >= 11 is 0. The lowest BCUT2D eigenvalue weighted by Crippen LogP contribution is -2.17. The van der Waals surface area contributed by atoms with Crippen molar-refractivity contribution in [3.63, 3.8) is 0 Å². The van der Waals surface area contributed by atoms with Gasteiger partial charge in [-0.1, -0.05) is 198 Å². The van der Waals surface area contributed by atoms with Crippen LogP contribution in [0.25, 0.3) is 78.0 Å². The largest absolute Gasteiger partial charge is 0.507 e. The normalized spacial score (nSPS) is 12.4. The number of phenols is 1. The lowest BCUT2D eigenvalue weighted by molar-refractivity contribution is 0.446. The third-order valence-corrected chi connectivity index (χ3v) is 14.0. The number of furan rings is 1. The van der Waals surface area contributed by atoms with Gasteiger partial charge in [-0.05, 0) is 121 Å². The van der Waals surface area contributed by atoms with Gasteiger partial charge in [0, 0.05) is 33.3 Å². The minimum absolute atomic E-state index is 0.128. The van der Waals surface area contributed by atoms with Crippen LogP contribution in [-0.2, 0) is 21.7 Å². The molecule has 3 heterocycles. The van der Waals surface area contributed by atoms with E-state index in [1.807, 2.05) is 30.3 Å². The van der Waals surface area contributed by atoms with E-state index >= 15 is 0 Å². The fourth-order valence-corrected chi connectivity index (χ4v) is 9.76. The number of phenolic OH excluding ortho intramolecular Hbond substituents is 1. The molecule has 7 aromatic carbocycles. The maximum absolute atomic E-state index is 12.7. The lowest BCUT2D eigenvalue weighted by Gasteiger charge is -2.30. The van der Waals surface area contributed by atoms with E-state index in [0.29, 0.717) is 28.4 Å². The van der Waals surface area contributed by atoms with Gasteiger partial charge in [-0.25, -0.2) is 15.0 Å². The first-order chi connectivity index (χ1) is 34.6. The molecule has 0 saturated heterocycles. The Kier molecular flexibility index (Phi) is 12.3. The Morgan fingerprint density at radius 3 is 1.67 bits per heavy atom. The molecule has 0 bridgehead atoms. The van der Waals surface area contributed by atoms with Gasteiger partial charge in [0.15, 0.2) is 5.58 Å². The van der Waals surface area contributed by atoms with Crippen LogP contribution in [0.15, 0.2) is 181 Å². The molecule has 10 aromatic rings. The van der Waals surface area contributed by atoms with Gasteiger partial charge in [-0.2, -0.15) is 0 Å². The molecular formula is C67H66N4O2. The van der Waals surface area contributed by atoms with Crippen molar-refractivity contribution in [3.8, 4) is 61.6 Å². The van der Waals surface area contributed by atoms with Crippen molar-refractivity contribution in [2.24, 2.45) is 0 Å². The number of hydrogen-bond donors (Lipinski definition) is 1. The highest BCUT2D eigenvalue weighted by atomic mass is 16.3. The van der Waals surface area contributed by atoms with Crippen molar-refractivity contribution < 1.29 is 9.52 Å². The summed E-state index contributed by atoms with van der Waals surface area (Å²) in [5, 5.41) is 13.6. The number of anilines is 3. The van der Waals surface area contributed by atoms with Crippen molar-refractivity contribution >= 4 is 39.3 Å². The molecule has 366 valence electrons. The molecule has 0 spiro atoms. The van der Waals surface area contributed by atoms with Crippen molar-refractivity contribution in [2.75, 3.05) is 4.90 Å². The molecule has 0 aliphatic heterocycles. The van der Waals surface area contributed by atoms with E-state index in [2.05, 4.69) is 228 Å². The maximum atomic E-state index is 12.7. The first-order valence-electron chi connectivity index (χ1n) is 25.5. The highest BCUT2D eigenvalue weighted by molar-refractivity contribution is 6.07. The fraction of sp³-hybridized carbons (Fsp3) is 0.239. The number of aromatic nitrogens is 3. The van der Waals surface area contributed by atoms with Gasteiger partial charge in [-0.15, -0.1) is 0 Å². The second-order valence-corrected chi connectivity index (χ2v) is 23.7. The highest BCUT2D eigenvalue weighted by Gasteiger charge is 2.29. The number of para-hydroxylation sites is 2. The molecule has 0 radical (unpaired) electrons. The van der Waals surface area contributed by atoms with Gasteiger partial charge in [-0.3, -0.25) is 4.90 Å². The standard InChI is InChI=1S/C67H66N4O2/c1-64(2,3)48-32-45(33-49(38-48)65(4,5)6)46-36-56(54-39-50(66(7,8)9)40-55(62(54)72)67(10,11)12)70-59(37-46)71(57-29-21-19-27-52(57)43-25-17-14-18-26-43)51-34-44(42-23-15-13-16-24-42)31-47(35-51)60-63-61(69-41-68-60)53-28-20-22-30-58(53)73-63/h13-41,72H,1-12H3. The first kappa shape index (κ1) is 48.8. The minimum atomic E-state index is -0.357. The summed E-state index contributed by atoms with van der Waals surface area (Å²) in [5.41, 5.74) is 16.7. The molecule has 0 aliphatic carbocycles. The molecule has 0 fully saturated rings. The maximum Gasteiger partial charge on any atom is 0.180 e. The van der Waals surface area contributed by atoms with Crippen LogP contribution >= 0.6 is 0 Å². The summed E-state index contributed by atoms with van der Waals surface area (Å²) in [6, 6.07) is 60.0. The Morgan fingerprint density at radius 2 is 1.01 bits per heavy atom. The van der Waals surface area contributed by atoms with Gasteiger partial charge >= 0.3 is 0 Å². The summed E-state index contributed by atoms with van der Waals surface area (Å²) in [6.07, 6.45) is 1.63. The summed E-state index contributed by atoms with van der Waals surface area (Å²) in [4.78, 5) is 17.8. The molecule has 10 rings (SSSR count). The Labute approximate surface area is 431 Å². The van der Waals surface area contributed by atoms with Crippen LogP contribution in [0.5, 0.6) is 5.75 Å². The fourth-order valence-electron chi connectivity index (χ4n) is 9.76. The van der Waals surface area contributed by atoms with Gasteiger partial charge < -0.3 is 9.52 Å². The molecule has 0 saturated carbocycles. The summed E-state index contributed by atoms with van der Waals surface area (Å²) in [7, 11) is 0. The predicted octanol–water partition coefficient (Wildman–Crippen LogP) is 18.5. The van der Waals surface area contributed by atoms with Crippen LogP contribution in [0, 0.1) is 0 Å². The van der Waals surface area contributed by atoms with Crippen molar-refractivity contribution in [3.05, 3.63) is 198 Å². The highest BCUT2D eigenvalue weighted by Crippen LogP contribution is 2.48. The van der Waals surface area contributed by atoms with E-state index in [0.717, 1.165) is 77.9 Å². The monoisotopic (exact) mass is 959 g/mol. The van der Waals surface area contributed by atoms with Crippen molar-refractivity contribution in [1.29, 1.82) is 0 Å². The van der Waals surface area contributed by atoms with Crippen LogP contribution < -0.4 is 4.90 Å². The number of hydrogen-bond acceptors (Lipinski definition) is 6. The van der Waals surface area contributed by atoms with Gasteiger partial charge in [0.2, 0.25) is 0 Å². The van der Waals surface area contributed by atoms with E-state index in [9.17, 15) is 5.11 Å². The van der Waals surface area contributed by atoms with E-state index in [4.69, 9.17) is 19.4 Å². The number of nitrogens with zero attached hydrogens (tertiary/aromatic N) is 4. The number of fused-ring (bicyclic) bond motifs is 3. The van der Waals surface area contributed by atoms with Gasteiger partial charge in [0.05, 0.1) is 11.4 Å². The second kappa shape index (κ2) is 18.3. The van der Waals surface area contributed by atoms with E-state index in [1.54, 1.807) is 6.33 Å². The molecule has 6 nitrogen and oxygen atoms in total. The second-order valence-electron chi connectivity index (χ2n) is 23.7. The van der Waals surface area contributed by atoms with Crippen molar-refractivity contribution in [1.82, 2.24) is 15.0 Å². The zero-order valence-electron chi connectivity index (χ0n) is 44.4. The number of pyridine rings is 1. The summed E-state index contributed by atoms with van der Waals surface area (Å²) in [5.74, 6) is 0.915. The van der Waals surface area contributed by atoms with E-state index < -0.39 is 0 Å². The summed E-state index contributed by atoms with van der Waals surface area (Å²) in [6.45, 7) is 26.9. The Morgan fingerprint density at radius 1 is 0.452 bits per heavy atom. The molecular weight excluding hydrogens is 893 g/mol. The van der Waals surface area contributed by atoms with Crippen LogP contribution in [0.3, 0.4) is 0 Å². The number of rotatable bonds is 8. The van der Waals surface area contributed by atoms with E-state index in [-0.39, 0.29) is 27.4 Å².